The number of nitrogens with two attached hydrogens (primary N) is 1. The summed E-state index contributed by atoms with van der Waals surface area (Å²) in [4.78, 5) is 25.5. The van der Waals surface area contributed by atoms with Crippen LogP contribution in [0.15, 0.2) is 6.20 Å². The van der Waals surface area contributed by atoms with E-state index in [9.17, 15) is 14.7 Å². The van der Waals surface area contributed by atoms with Crippen molar-refractivity contribution < 1.29 is 14.7 Å². The quantitative estimate of drug-likeness (QED) is 0.778. The van der Waals surface area contributed by atoms with E-state index in [1.54, 1.807) is 11.1 Å². The molecule has 1 aliphatic heterocycles. The van der Waals surface area contributed by atoms with Crippen molar-refractivity contribution in [3.63, 3.8) is 0 Å². The summed E-state index contributed by atoms with van der Waals surface area (Å²) in [5.41, 5.74) is 4.78. The fraction of sp³-hybridized carbons (Fsp3) is 0.692. The second kappa shape index (κ2) is 5.80. The zero-order valence-corrected chi connectivity index (χ0v) is 12.3. The zero-order chi connectivity index (χ0) is 15.6. The Bertz CT molecular complexity index is 542. The summed E-state index contributed by atoms with van der Waals surface area (Å²) in [6.07, 6.45) is 2.01. The first-order valence-corrected chi connectivity index (χ1v) is 7.03. The highest BCUT2D eigenvalue weighted by molar-refractivity contribution is 5.93. The summed E-state index contributed by atoms with van der Waals surface area (Å²) in [6.45, 7) is 5.29. The van der Waals surface area contributed by atoms with Crippen LogP contribution in [0.4, 0.5) is 0 Å². The van der Waals surface area contributed by atoms with E-state index in [-0.39, 0.29) is 24.1 Å². The van der Waals surface area contributed by atoms with Crippen molar-refractivity contribution in [2.24, 2.45) is 17.1 Å². The van der Waals surface area contributed by atoms with Crippen LogP contribution in [0.2, 0.25) is 0 Å². The van der Waals surface area contributed by atoms with Gasteiger partial charge in [0.2, 0.25) is 0 Å². The molecule has 0 aromatic carbocycles. The summed E-state index contributed by atoms with van der Waals surface area (Å²) in [6, 6.07) is 0. The van der Waals surface area contributed by atoms with Crippen molar-refractivity contribution in [3.05, 3.63) is 11.9 Å². The Hall–Kier alpha value is -1.96. The molecular formula is C13H21N5O3. The molecule has 1 aromatic rings. The number of hydrogen-bond donors (Lipinski definition) is 2. The van der Waals surface area contributed by atoms with Crippen molar-refractivity contribution in [3.8, 4) is 0 Å². The lowest BCUT2D eigenvalue weighted by molar-refractivity contribution is -0.150. The van der Waals surface area contributed by atoms with Gasteiger partial charge in [-0.15, -0.1) is 5.10 Å². The van der Waals surface area contributed by atoms with Gasteiger partial charge in [0.05, 0.1) is 18.2 Å². The van der Waals surface area contributed by atoms with Gasteiger partial charge >= 0.3 is 5.97 Å². The third-order valence-corrected chi connectivity index (χ3v) is 4.24. The molecule has 3 N–H and O–H groups in total. The van der Waals surface area contributed by atoms with Gasteiger partial charge in [-0.25, -0.2) is 0 Å². The Morgan fingerprint density at radius 1 is 1.52 bits per heavy atom. The van der Waals surface area contributed by atoms with Crippen molar-refractivity contribution in [2.75, 3.05) is 19.6 Å². The number of carbonyl (C=O) groups is 2. The number of likely N-dealkylation sites (tertiary alicyclic amines) is 1. The molecule has 1 aromatic heterocycles. The van der Waals surface area contributed by atoms with E-state index in [2.05, 4.69) is 10.3 Å². The molecule has 2 heterocycles. The van der Waals surface area contributed by atoms with E-state index in [1.165, 1.54) is 4.68 Å². The highest BCUT2D eigenvalue weighted by atomic mass is 16.4. The summed E-state index contributed by atoms with van der Waals surface area (Å²) < 4.78 is 1.51. The summed E-state index contributed by atoms with van der Waals surface area (Å²) in [5, 5.41) is 17.2. The van der Waals surface area contributed by atoms with Gasteiger partial charge in [-0.3, -0.25) is 14.3 Å². The lowest BCUT2D eigenvalue weighted by Gasteiger charge is -2.28. The maximum Gasteiger partial charge on any atom is 0.311 e. The topological polar surface area (TPSA) is 114 Å². The molecule has 116 valence electrons. The van der Waals surface area contributed by atoms with Crippen molar-refractivity contribution in [1.29, 1.82) is 0 Å². The molecule has 0 bridgehead atoms. The maximum absolute atomic E-state index is 12.4. The first kappa shape index (κ1) is 15.4. The average molecular weight is 295 g/mol. The second-order valence-corrected chi connectivity index (χ2v) is 5.75. The highest BCUT2D eigenvalue weighted by Gasteiger charge is 2.48. The Morgan fingerprint density at radius 3 is 2.76 bits per heavy atom. The minimum atomic E-state index is -0.872. The standard InChI is InChI=1S/C13H21N5O3/c1-9(2)13(12(20)21)3-5-17(8-13)11(19)10-7-18(6-4-14)16-15-10/h7,9H,3-6,8,14H2,1-2H3,(H,20,21). The molecule has 1 atom stereocenters. The van der Waals surface area contributed by atoms with Gasteiger partial charge in [0.1, 0.15) is 0 Å². The van der Waals surface area contributed by atoms with Gasteiger partial charge in [-0.05, 0) is 12.3 Å². The van der Waals surface area contributed by atoms with E-state index in [0.29, 0.717) is 26.1 Å². The summed E-state index contributed by atoms with van der Waals surface area (Å²) in [5.74, 6) is -1.16. The van der Waals surface area contributed by atoms with Crippen LogP contribution in [0.1, 0.15) is 30.8 Å². The van der Waals surface area contributed by atoms with Crippen LogP contribution in [0, 0.1) is 11.3 Å². The minimum absolute atomic E-state index is 0.0410. The number of rotatable bonds is 5. The Balaban J connectivity index is 2.12. The molecule has 21 heavy (non-hydrogen) atoms. The third kappa shape index (κ3) is 2.76. The summed E-state index contributed by atoms with van der Waals surface area (Å²) >= 11 is 0. The van der Waals surface area contributed by atoms with Gasteiger partial charge in [-0.2, -0.15) is 0 Å². The van der Waals surface area contributed by atoms with Crippen LogP contribution in [0.5, 0.6) is 0 Å². The van der Waals surface area contributed by atoms with E-state index in [0.717, 1.165) is 0 Å². The predicted octanol–water partition coefficient (Wildman–Crippen LogP) is -0.190. The molecule has 0 aliphatic carbocycles. The molecule has 8 nitrogen and oxygen atoms in total. The van der Waals surface area contributed by atoms with Crippen LogP contribution in [0.3, 0.4) is 0 Å². The normalized spacial score (nSPS) is 22.0. The highest BCUT2D eigenvalue weighted by Crippen LogP contribution is 2.38. The third-order valence-electron chi connectivity index (χ3n) is 4.24. The molecule has 1 amide bonds. The number of carbonyl (C=O) groups excluding carboxylic acids is 1. The lowest BCUT2D eigenvalue weighted by Crippen LogP contribution is -2.40. The molecule has 2 rings (SSSR count). The number of aromatic nitrogens is 3. The first-order chi connectivity index (χ1) is 9.90. The van der Waals surface area contributed by atoms with Crippen molar-refractivity contribution in [1.82, 2.24) is 19.9 Å². The fourth-order valence-electron chi connectivity index (χ4n) is 2.70. The van der Waals surface area contributed by atoms with Gasteiger partial charge in [0.25, 0.3) is 5.91 Å². The van der Waals surface area contributed by atoms with Crippen LogP contribution in [0.25, 0.3) is 0 Å². The van der Waals surface area contributed by atoms with E-state index in [4.69, 9.17) is 5.73 Å². The molecule has 0 spiro atoms. The van der Waals surface area contributed by atoms with Gasteiger partial charge in [0, 0.05) is 19.6 Å². The number of hydrogen-bond acceptors (Lipinski definition) is 5. The van der Waals surface area contributed by atoms with E-state index in [1.807, 2.05) is 13.8 Å². The Morgan fingerprint density at radius 2 is 2.24 bits per heavy atom. The van der Waals surface area contributed by atoms with E-state index >= 15 is 0 Å². The maximum atomic E-state index is 12.4. The van der Waals surface area contributed by atoms with Crippen LogP contribution in [-0.4, -0.2) is 56.5 Å². The average Bonchev–Trinajstić information content (AvgIpc) is 3.05. The number of aliphatic carboxylic acids is 1. The monoisotopic (exact) mass is 295 g/mol. The molecular weight excluding hydrogens is 274 g/mol. The first-order valence-electron chi connectivity index (χ1n) is 7.03. The smallest absolute Gasteiger partial charge is 0.311 e. The molecule has 1 unspecified atom stereocenters. The Labute approximate surface area is 122 Å². The molecule has 0 radical (unpaired) electrons. The van der Waals surface area contributed by atoms with E-state index < -0.39 is 11.4 Å². The lowest BCUT2D eigenvalue weighted by atomic mass is 9.76. The molecule has 8 heteroatoms. The molecule has 0 saturated carbocycles. The van der Waals surface area contributed by atoms with Crippen LogP contribution < -0.4 is 5.73 Å². The second-order valence-electron chi connectivity index (χ2n) is 5.75. The molecule has 1 fully saturated rings. The van der Waals surface area contributed by atoms with Crippen molar-refractivity contribution >= 4 is 11.9 Å². The van der Waals surface area contributed by atoms with Gasteiger partial charge in [0.15, 0.2) is 5.69 Å². The van der Waals surface area contributed by atoms with Gasteiger partial charge < -0.3 is 15.7 Å². The van der Waals surface area contributed by atoms with Gasteiger partial charge in [-0.1, -0.05) is 19.1 Å². The number of amides is 1. The van der Waals surface area contributed by atoms with Crippen LogP contribution >= 0.6 is 0 Å². The molecule has 1 saturated heterocycles. The zero-order valence-electron chi connectivity index (χ0n) is 12.3. The summed E-state index contributed by atoms with van der Waals surface area (Å²) in [7, 11) is 0. The van der Waals surface area contributed by atoms with Crippen molar-refractivity contribution in [2.45, 2.75) is 26.8 Å². The largest absolute Gasteiger partial charge is 0.481 e. The predicted molar refractivity (Wildman–Crippen MR) is 74.5 cm³/mol. The number of nitrogens with zero attached hydrogens (tertiary/aromatic N) is 4. The minimum Gasteiger partial charge on any atom is -0.481 e. The number of carboxylic acid groups (broad SMARTS) is 1. The SMILES string of the molecule is CC(C)C1(C(=O)O)CCN(C(=O)c2cn(CCN)nn2)C1. The molecule has 1 aliphatic rings. The Kier molecular flexibility index (Phi) is 4.26. The fourth-order valence-corrected chi connectivity index (χ4v) is 2.70. The van der Waals surface area contributed by atoms with Crippen LogP contribution in [-0.2, 0) is 11.3 Å². The number of carboxylic acids is 1.